The number of hydrogen-bond donors (Lipinski definition) is 1. The molecule has 0 aliphatic rings. The normalized spacial score (nSPS) is 13.3. The van der Waals surface area contributed by atoms with Crippen LogP contribution in [0.25, 0.3) is 0 Å². The first-order valence-electron chi connectivity index (χ1n) is 15.8. The van der Waals surface area contributed by atoms with Gasteiger partial charge in [0.25, 0.3) is 0 Å². The maximum absolute atomic E-state index is 11.2. The second-order valence-electron chi connectivity index (χ2n) is 11.4. The molecule has 0 spiro atoms. The van der Waals surface area contributed by atoms with Crippen LogP contribution in [0.5, 0.6) is 0 Å². The molecule has 0 aromatic rings. The molecule has 0 aliphatic carbocycles. The summed E-state index contributed by atoms with van der Waals surface area (Å²) in [4.78, 5) is 11.2. The fourth-order valence-corrected chi connectivity index (χ4v) is 5.39. The minimum atomic E-state index is -0.606. The number of rotatable bonds is 28. The summed E-state index contributed by atoms with van der Waals surface area (Å²) in [5.41, 5.74) is 0. The van der Waals surface area contributed by atoms with Crippen LogP contribution in [0.1, 0.15) is 188 Å². The largest absolute Gasteiger partial charge is 0.481 e. The molecule has 0 heterocycles. The van der Waals surface area contributed by atoms with Crippen LogP contribution < -0.4 is 0 Å². The van der Waals surface area contributed by atoms with Gasteiger partial charge in [-0.2, -0.15) is 0 Å². The van der Waals surface area contributed by atoms with Crippen molar-refractivity contribution < 1.29 is 9.90 Å². The quantitative estimate of drug-likeness (QED) is 0.113. The van der Waals surface area contributed by atoms with Gasteiger partial charge in [0.2, 0.25) is 0 Å². The summed E-state index contributed by atoms with van der Waals surface area (Å²) in [6.07, 6.45) is 34.2. The zero-order valence-corrected chi connectivity index (χ0v) is 23.9. The van der Waals surface area contributed by atoms with Gasteiger partial charge in [-0.05, 0) is 24.7 Å². The first-order valence-corrected chi connectivity index (χ1v) is 15.8. The number of unbranched alkanes of at least 4 members (excludes halogenated alkanes) is 18. The average Bonchev–Trinajstić information content (AvgIpc) is 2.81. The molecule has 0 aliphatic heterocycles. The Labute approximate surface area is 215 Å². The van der Waals surface area contributed by atoms with Crippen LogP contribution in [0.3, 0.4) is 0 Å². The first-order chi connectivity index (χ1) is 16.6. The van der Waals surface area contributed by atoms with E-state index in [4.69, 9.17) is 0 Å². The monoisotopic (exact) mass is 480 g/mol. The molecular weight excluding hydrogens is 416 g/mol. The zero-order valence-electron chi connectivity index (χ0n) is 23.9. The predicted octanol–water partition coefficient (Wildman–Crippen LogP) is 11.5. The van der Waals surface area contributed by atoms with E-state index in [2.05, 4.69) is 20.8 Å². The van der Waals surface area contributed by atoms with E-state index in [1.54, 1.807) is 0 Å². The summed E-state index contributed by atoms with van der Waals surface area (Å²) in [7, 11) is 0. The summed E-state index contributed by atoms with van der Waals surface area (Å²) in [5.74, 6) is 0.725. The van der Waals surface area contributed by atoms with E-state index >= 15 is 0 Å². The smallest absolute Gasteiger partial charge is 0.303 e. The lowest BCUT2D eigenvalue weighted by atomic mass is 9.91. The number of carbonyl (C=O) groups is 1. The highest BCUT2D eigenvalue weighted by Gasteiger charge is 2.12. The molecule has 0 amide bonds. The molecular formula is C32H64O2. The Morgan fingerprint density at radius 1 is 0.500 bits per heavy atom. The van der Waals surface area contributed by atoms with E-state index in [1.165, 1.54) is 148 Å². The standard InChI is InChI=1S/C32H64O2/c1-4-6-8-10-11-14-18-21-25-30(3)26-22-19-15-12-13-16-20-24-28-31(29-32(33)34)27-23-17-9-7-5-2/h30-31H,4-29H2,1-3H3,(H,33,34). The molecule has 2 atom stereocenters. The zero-order chi connectivity index (χ0) is 25.1. The molecule has 204 valence electrons. The Hall–Kier alpha value is -0.530. The minimum Gasteiger partial charge on any atom is -0.481 e. The predicted molar refractivity (Wildman–Crippen MR) is 152 cm³/mol. The molecule has 34 heavy (non-hydrogen) atoms. The lowest BCUT2D eigenvalue weighted by Gasteiger charge is -2.14. The number of carboxylic acid groups (broad SMARTS) is 1. The molecule has 0 radical (unpaired) electrons. The molecule has 0 fully saturated rings. The van der Waals surface area contributed by atoms with Crippen molar-refractivity contribution in [3.8, 4) is 0 Å². The Bertz CT molecular complexity index is 406. The van der Waals surface area contributed by atoms with Crippen LogP contribution in [-0.2, 0) is 4.79 Å². The summed E-state index contributed by atoms with van der Waals surface area (Å²) < 4.78 is 0. The van der Waals surface area contributed by atoms with Gasteiger partial charge in [-0.1, -0.05) is 168 Å². The molecule has 0 rings (SSSR count). The van der Waals surface area contributed by atoms with Gasteiger partial charge in [-0.3, -0.25) is 4.79 Å². The number of aliphatic carboxylic acids is 1. The molecule has 0 aromatic heterocycles. The Morgan fingerprint density at radius 3 is 1.12 bits per heavy atom. The van der Waals surface area contributed by atoms with Crippen LogP contribution in [-0.4, -0.2) is 11.1 Å². The molecule has 0 saturated carbocycles. The van der Waals surface area contributed by atoms with Crippen molar-refractivity contribution >= 4 is 5.97 Å². The van der Waals surface area contributed by atoms with Gasteiger partial charge in [-0.15, -0.1) is 0 Å². The fraction of sp³-hybridized carbons (Fsp3) is 0.969. The van der Waals surface area contributed by atoms with Crippen molar-refractivity contribution in [2.75, 3.05) is 0 Å². The maximum Gasteiger partial charge on any atom is 0.303 e. The van der Waals surface area contributed by atoms with Gasteiger partial charge < -0.3 is 5.11 Å². The number of hydrogen-bond acceptors (Lipinski definition) is 1. The van der Waals surface area contributed by atoms with Gasteiger partial charge in [-0.25, -0.2) is 0 Å². The summed E-state index contributed by atoms with van der Waals surface area (Å²) in [6, 6.07) is 0. The van der Waals surface area contributed by atoms with Crippen molar-refractivity contribution in [3.05, 3.63) is 0 Å². The highest BCUT2D eigenvalue weighted by Crippen LogP contribution is 2.23. The summed E-state index contributed by atoms with van der Waals surface area (Å²) in [5, 5.41) is 9.20. The minimum absolute atomic E-state index is 0.380. The van der Waals surface area contributed by atoms with Crippen molar-refractivity contribution in [2.24, 2.45) is 11.8 Å². The van der Waals surface area contributed by atoms with E-state index in [1.807, 2.05) is 0 Å². The van der Waals surface area contributed by atoms with Gasteiger partial charge in [0, 0.05) is 6.42 Å². The van der Waals surface area contributed by atoms with Crippen LogP contribution in [0.2, 0.25) is 0 Å². The maximum atomic E-state index is 11.2. The van der Waals surface area contributed by atoms with Gasteiger partial charge in [0.05, 0.1) is 0 Å². The van der Waals surface area contributed by atoms with E-state index < -0.39 is 5.97 Å². The average molecular weight is 481 g/mol. The molecule has 2 unspecified atom stereocenters. The van der Waals surface area contributed by atoms with E-state index in [9.17, 15) is 9.90 Å². The SMILES string of the molecule is CCCCCCCCCCC(C)CCCCCCCCCCC(CCCCCCC)CC(=O)O. The Kier molecular flexibility index (Phi) is 26.6. The summed E-state index contributed by atoms with van der Waals surface area (Å²) >= 11 is 0. The van der Waals surface area contributed by atoms with E-state index in [0.717, 1.165) is 18.8 Å². The summed E-state index contributed by atoms with van der Waals surface area (Å²) in [6.45, 7) is 7.00. The first kappa shape index (κ1) is 33.5. The molecule has 0 saturated heterocycles. The second-order valence-corrected chi connectivity index (χ2v) is 11.4. The van der Waals surface area contributed by atoms with Gasteiger partial charge >= 0.3 is 5.97 Å². The van der Waals surface area contributed by atoms with Crippen molar-refractivity contribution in [1.29, 1.82) is 0 Å². The second kappa shape index (κ2) is 27.1. The topological polar surface area (TPSA) is 37.3 Å². The molecule has 1 N–H and O–H groups in total. The van der Waals surface area contributed by atoms with Crippen molar-refractivity contribution in [1.82, 2.24) is 0 Å². The van der Waals surface area contributed by atoms with Crippen LogP contribution in [0.15, 0.2) is 0 Å². The fourth-order valence-electron chi connectivity index (χ4n) is 5.39. The highest BCUT2D eigenvalue weighted by molar-refractivity contribution is 5.66. The van der Waals surface area contributed by atoms with Crippen molar-refractivity contribution in [3.63, 3.8) is 0 Å². The van der Waals surface area contributed by atoms with E-state index in [0.29, 0.717) is 12.3 Å². The highest BCUT2D eigenvalue weighted by atomic mass is 16.4. The third-order valence-electron chi connectivity index (χ3n) is 7.79. The van der Waals surface area contributed by atoms with Gasteiger partial charge in [0.1, 0.15) is 0 Å². The van der Waals surface area contributed by atoms with Crippen LogP contribution in [0.4, 0.5) is 0 Å². The molecule has 0 bridgehead atoms. The third-order valence-corrected chi connectivity index (χ3v) is 7.79. The molecule has 2 nitrogen and oxygen atoms in total. The van der Waals surface area contributed by atoms with Crippen LogP contribution in [0, 0.1) is 11.8 Å². The van der Waals surface area contributed by atoms with Crippen LogP contribution >= 0.6 is 0 Å². The van der Waals surface area contributed by atoms with Gasteiger partial charge in [0.15, 0.2) is 0 Å². The lowest BCUT2D eigenvalue weighted by Crippen LogP contribution is -2.08. The third kappa shape index (κ3) is 26.1. The lowest BCUT2D eigenvalue weighted by molar-refractivity contribution is -0.138. The van der Waals surface area contributed by atoms with E-state index in [-0.39, 0.29) is 0 Å². The molecule has 2 heteroatoms. The van der Waals surface area contributed by atoms with Crippen molar-refractivity contribution in [2.45, 2.75) is 188 Å². The Balaban J connectivity index is 3.47. The molecule has 0 aromatic carbocycles. The number of carboxylic acids is 1. The Morgan fingerprint density at radius 2 is 0.794 bits per heavy atom.